The molecule has 0 amide bonds. The highest BCUT2D eigenvalue weighted by atomic mass is 17.2. The lowest BCUT2D eigenvalue weighted by molar-refractivity contribution is -0.429. The maximum absolute atomic E-state index is 12.5. The monoisotopic (exact) mass is 1110 g/mol. The van der Waals surface area contributed by atoms with Crippen LogP contribution in [0.2, 0.25) is 0 Å². The van der Waals surface area contributed by atoms with E-state index in [0.717, 1.165) is 0 Å². The van der Waals surface area contributed by atoms with E-state index in [1.54, 1.807) is 6.92 Å². The second-order valence-electron chi connectivity index (χ2n) is 20.1. The third-order valence-corrected chi connectivity index (χ3v) is 15.4. The molecule has 6 saturated heterocycles. The minimum absolute atomic E-state index is 0.0397. The molecule has 0 aliphatic carbocycles. The largest absolute Gasteiger partial charge is 0.479 e. The Kier molecular flexibility index (Phi) is 24.6. The zero-order valence-electron chi connectivity index (χ0n) is 42.9. The van der Waals surface area contributed by atoms with Crippen LogP contribution < -0.4 is 0 Å². The highest BCUT2D eigenvalue weighted by molar-refractivity contribution is 5.73. The number of aliphatic carboxylic acids is 1. The van der Waals surface area contributed by atoms with Crippen LogP contribution in [-0.4, -0.2) is 302 Å². The normalized spacial score (nSPS) is 45.0. The summed E-state index contributed by atoms with van der Waals surface area (Å²) < 4.78 is 74.5. The lowest BCUT2D eigenvalue weighted by Gasteiger charge is -2.48. The Morgan fingerprint density at radius 2 is 1.04 bits per heavy atom. The molecule has 0 aromatic carbocycles. The number of hydrogen-bond acceptors (Lipinski definition) is 28. The number of fused-ring (bicyclic) bond motifs is 1. The first-order valence-electron chi connectivity index (χ1n) is 25.6. The second-order valence-corrected chi connectivity index (χ2v) is 20.1. The summed E-state index contributed by atoms with van der Waals surface area (Å²) in [6.45, 7) is -0.720. The lowest BCUT2D eigenvalue weighted by atomic mass is 9.79. The van der Waals surface area contributed by atoms with Crippen molar-refractivity contribution in [3.8, 4) is 0 Å². The zero-order valence-corrected chi connectivity index (χ0v) is 42.9. The fourth-order valence-corrected chi connectivity index (χ4v) is 11.0. The van der Waals surface area contributed by atoms with Crippen LogP contribution in [0.25, 0.3) is 0 Å². The maximum atomic E-state index is 12.5. The molecule has 11 unspecified atom stereocenters. The highest BCUT2D eigenvalue weighted by Crippen LogP contribution is 2.37. The molecule has 12 N–H and O–H groups in total. The van der Waals surface area contributed by atoms with Crippen LogP contribution in [0.15, 0.2) is 0 Å². The van der Waals surface area contributed by atoms with E-state index in [0.29, 0.717) is 6.42 Å². The van der Waals surface area contributed by atoms with E-state index in [1.165, 1.54) is 21.1 Å². The van der Waals surface area contributed by atoms with E-state index in [9.17, 15) is 70.9 Å². The highest BCUT2D eigenvalue weighted by Gasteiger charge is 2.54. The van der Waals surface area contributed by atoms with Crippen molar-refractivity contribution >= 4 is 12.4 Å². The molecule has 0 bridgehead atoms. The van der Waals surface area contributed by atoms with Crippen LogP contribution >= 0.6 is 0 Å². The Morgan fingerprint density at radius 3 is 1.62 bits per heavy atom. The van der Waals surface area contributed by atoms with Gasteiger partial charge in [-0.05, 0) is 6.42 Å². The Balaban J connectivity index is 1.07. The van der Waals surface area contributed by atoms with Gasteiger partial charge in [-0.3, -0.25) is 4.79 Å². The van der Waals surface area contributed by atoms with Gasteiger partial charge in [-0.2, -0.15) is 0 Å². The van der Waals surface area contributed by atoms with Crippen molar-refractivity contribution in [1.82, 2.24) is 0 Å². The number of aliphatic hydroxyl groups is 11. The number of methoxy groups -OCH3 is 1. The van der Waals surface area contributed by atoms with Crippen LogP contribution in [0.5, 0.6) is 0 Å². The molecule has 442 valence electrons. The quantitative estimate of drug-likeness (QED) is 0.0150. The Morgan fingerprint density at radius 1 is 0.553 bits per heavy atom. The summed E-state index contributed by atoms with van der Waals surface area (Å²) in [6.07, 6.45) is -25.0. The van der Waals surface area contributed by atoms with Crippen molar-refractivity contribution in [2.45, 2.75) is 155 Å². The van der Waals surface area contributed by atoms with Gasteiger partial charge in [-0.15, -0.1) is 0 Å². The predicted molar refractivity (Wildman–Crippen MR) is 246 cm³/mol. The molecular weight excluding hydrogens is 1030 g/mol. The summed E-state index contributed by atoms with van der Waals surface area (Å²) >= 11 is 0. The molecule has 6 rings (SSSR count). The number of carbonyl (C=O) groups excluding carboxylic acids is 1. The maximum Gasteiger partial charge on any atom is 0.333 e. The standard InChI is InChI=1S/C47H80O29/c1-5-21-27(8-48)72-31(40(56)36(21)52)16-64-10-22-23(35(51)30(14-62-3)73-28(22)9-49)11-65-15-29-24(37(53)39(55)26(71-29)6-7-70-63-4)12-66-18-33-41(57)38(54)25(44(75-33)46(60)61)13-67-17-32-42(58)43(59)45-34(74-32)19-68-47(2,76-45)69-20-50/h20-45,48-49,51-59H,5-19H2,1-4H3,(H,60,61)/t21-,22+,23-,24?,25+,26?,27+,28?,29-,30+,31+,32+,33+,34?,35?,36?,37+,38-,39-,40?,41?,42?,43+,44?,45-,47?/m1/s1. The predicted octanol–water partition coefficient (Wildman–Crippen LogP) is -6.43. The molecule has 0 radical (unpaired) electrons. The number of carboxylic acids is 1. The zero-order chi connectivity index (χ0) is 55.4. The number of carboxylic acid groups (broad SMARTS) is 1. The minimum atomic E-state index is -1.83. The molecule has 6 fully saturated rings. The van der Waals surface area contributed by atoms with Gasteiger partial charge >= 0.3 is 11.9 Å². The van der Waals surface area contributed by atoms with E-state index >= 15 is 0 Å². The topological polar surface area (TPSA) is 415 Å². The summed E-state index contributed by atoms with van der Waals surface area (Å²) in [5.41, 5.74) is 0. The molecular formula is C47H80O29. The van der Waals surface area contributed by atoms with Gasteiger partial charge < -0.3 is 123 Å². The summed E-state index contributed by atoms with van der Waals surface area (Å²) in [7, 11) is 2.70. The van der Waals surface area contributed by atoms with Gasteiger partial charge in [0.1, 0.15) is 67.1 Å². The van der Waals surface area contributed by atoms with E-state index in [4.69, 9.17) is 66.5 Å². The number of carbonyl (C=O) groups is 2. The Hall–Kier alpha value is -2.06. The first kappa shape index (κ1) is 63.1. The molecule has 0 saturated carbocycles. The van der Waals surface area contributed by atoms with Gasteiger partial charge in [0.25, 0.3) is 6.47 Å². The molecule has 6 aliphatic rings. The molecule has 6 aliphatic heterocycles. The van der Waals surface area contributed by atoms with Crippen LogP contribution in [0.3, 0.4) is 0 Å². The van der Waals surface area contributed by atoms with Crippen molar-refractivity contribution in [2.24, 2.45) is 29.6 Å². The van der Waals surface area contributed by atoms with Gasteiger partial charge in [-0.1, -0.05) is 6.92 Å². The van der Waals surface area contributed by atoms with E-state index in [-0.39, 0.29) is 59.1 Å². The fourth-order valence-electron chi connectivity index (χ4n) is 11.0. The minimum Gasteiger partial charge on any atom is -0.479 e. The summed E-state index contributed by atoms with van der Waals surface area (Å²) in [5.74, 6) is -7.82. The van der Waals surface area contributed by atoms with Gasteiger partial charge in [0.2, 0.25) is 0 Å². The van der Waals surface area contributed by atoms with Crippen molar-refractivity contribution in [3.05, 3.63) is 0 Å². The smallest absolute Gasteiger partial charge is 0.333 e. The molecule has 0 spiro atoms. The molecule has 29 nitrogen and oxygen atoms in total. The van der Waals surface area contributed by atoms with Gasteiger partial charge in [0.15, 0.2) is 6.10 Å². The molecule has 6 heterocycles. The lowest BCUT2D eigenvalue weighted by Crippen LogP contribution is -2.66. The summed E-state index contributed by atoms with van der Waals surface area (Å²) in [5, 5.41) is 130. The molecule has 29 heteroatoms. The third-order valence-electron chi connectivity index (χ3n) is 15.4. The van der Waals surface area contributed by atoms with Crippen LogP contribution in [0, 0.1) is 29.6 Å². The average molecular weight is 1110 g/mol. The molecule has 26 atom stereocenters. The average Bonchev–Trinajstić information content (AvgIpc) is 3.39. The number of hydrogen-bond donors (Lipinski definition) is 12. The summed E-state index contributed by atoms with van der Waals surface area (Å²) in [6, 6.07) is 0. The first-order valence-corrected chi connectivity index (χ1v) is 25.6. The van der Waals surface area contributed by atoms with Crippen molar-refractivity contribution in [1.29, 1.82) is 0 Å². The molecule has 76 heavy (non-hydrogen) atoms. The number of aliphatic hydroxyl groups excluding tert-OH is 11. The second kappa shape index (κ2) is 29.6. The van der Waals surface area contributed by atoms with Gasteiger partial charge in [0.05, 0.1) is 142 Å². The van der Waals surface area contributed by atoms with Crippen LogP contribution in [0.4, 0.5) is 0 Å². The van der Waals surface area contributed by atoms with Crippen molar-refractivity contribution in [2.75, 3.05) is 100 Å². The Bertz CT molecular complexity index is 1720. The number of ether oxygens (including phenoxy) is 13. The van der Waals surface area contributed by atoms with Crippen molar-refractivity contribution < 1.29 is 142 Å². The molecule has 0 aromatic heterocycles. The van der Waals surface area contributed by atoms with Crippen LogP contribution in [-0.2, 0) is 80.9 Å². The van der Waals surface area contributed by atoms with Crippen LogP contribution in [0.1, 0.15) is 26.7 Å². The summed E-state index contributed by atoms with van der Waals surface area (Å²) in [4.78, 5) is 33.1. The van der Waals surface area contributed by atoms with Gasteiger partial charge in [-0.25, -0.2) is 14.6 Å². The van der Waals surface area contributed by atoms with Gasteiger partial charge in [0, 0.05) is 50.0 Å². The van der Waals surface area contributed by atoms with Crippen molar-refractivity contribution in [3.63, 3.8) is 0 Å². The number of rotatable bonds is 28. The van der Waals surface area contributed by atoms with E-state index in [2.05, 4.69) is 4.89 Å². The van der Waals surface area contributed by atoms with E-state index in [1.807, 2.05) is 0 Å². The SMILES string of the molecule is CC[C@H]1C(O)C(O)[C@H](COC[C@@H]2C(CO)O[C@@H](COC)C(O)[C@@H]2COC[C@H]2OC(CCOOC)[C@@H](O)[C@@H](O)C2COC[C@@H]2OC(C(=O)O)[C@@H](COC[C@@H]3OC4COC(C)(OC=O)O[C@H]4[C@@H](O)C3O)[C@@H](O)C2O)O[C@H]1CO. The van der Waals surface area contributed by atoms with E-state index < -0.39 is 203 Å². The first-order chi connectivity index (χ1) is 36.4. The molecule has 0 aromatic rings. The fraction of sp³-hybridized carbons (Fsp3) is 0.957. The Labute approximate surface area is 438 Å². The third kappa shape index (κ3) is 15.1.